The van der Waals surface area contributed by atoms with E-state index in [4.69, 9.17) is 16.3 Å². The zero-order valence-electron chi connectivity index (χ0n) is 19.8. The van der Waals surface area contributed by atoms with Crippen molar-refractivity contribution in [3.05, 3.63) is 69.7 Å². The quantitative estimate of drug-likeness (QED) is 0.486. The van der Waals surface area contributed by atoms with Gasteiger partial charge in [0.05, 0.1) is 48.7 Å². The molecule has 0 aliphatic carbocycles. The van der Waals surface area contributed by atoms with Gasteiger partial charge in [0.25, 0.3) is 0 Å². The van der Waals surface area contributed by atoms with E-state index < -0.39 is 39.4 Å². The molecule has 36 heavy (non-hydrogen) atoms. The van der Waals surface area contributed by atoms with Crippen LogP contribution in [0.2, 0.25) is 5.02 Å². The molecule has 0 aromatic heterocycles. The lowest BCUT2D eigenvalue weighted by molar-refractivity contribution is -0.0771. The number of hydrogen-bond acceptors (Lipinski definition) is 7. The number of methoxy groups -OCH3 is 1. The number of esters is 1. The predicted molar refractivity (Wildman–Crippen MR) is 130 cm³/mol. The number of rotatable bonds is 9. The molecule has 2 aromatic rings. The zero-order chi connectivity index (χ0) is 25.9. The maximum absolute atomic E-state index is 14.6. The van der Waals surface area contributed by atoms with Crippen LogP contribution in [-0.2, 0) is 25.2 Å². The largest absolute Gasteiger partial charge is 0.465 e. The molecule has 2 aliphatic rings. The topological polar surface area (TPSA) is 88.2 Å². The van der Waals surface area contributed by atoms with Crippen molar-refractivity contribution in [2.24, 2.45) is 0 Å². The minimum atomic E-state index is -4.03. The van der Waals surface area contributed by atoms with Gasteiger partial charge in [0.15, 0.2) is 0 Å². The molecule has 4 rings (SSSR count). The van der Waals surface area contributed by atoms with Gasteiger partial charge in [-0.1, -0.05) is 23.7 Å². The molecule has 8 nitrogen and oxygen atoms in total. The third-order valence-corrected chi connectivity index (χ3v) is 8.10. The highest BCUT2D eigenvalue weighted by atomic mass is 35.5. The van der Waals surface area contributed by atoms with Crippen LogP contribution in [0.4, 0.5) is 8.78 Å². The van der Waals surface area contributed by atoms with Crippen LogP contribution < -0.4 is 4.72 Å². The molecule has 0 saturated carbocycles. The lowest BCUT2D eigenvalue weighted by atomic mass is 10.1. The van der Waals surface area contributed by atoms with Crippen LogP contribution in [0, 0.1) is 11.6 Å². The number of carbonyl (C=O) groups is 1. The molecule has 196 valence electrons. The van der Waals surface area contributed by atoms with Crippen LogP contribution in [0.25, 0.3) is 0 Å². The smallest absolute Gasteiger partial charge is 0.337 e. The highest BCUT2D eigenvalue weighted by molar-refractivity contribution is 7.88. The van der Waals surface area contributed by atoms with E-state index in [0.717, 1.165) is 45.5 Å². The van der Waals surface area contributed by atoms with E-state index in [0.29, 0.717) is 18.2 Å². The molecule has 2 heterocycles. The number of piperazine rings is 1. The van der Waals surface area contributed by atoms with Crippen LogP contribution in [0.15, 0.2) is 36.4 Å². The van der Waals surface area contributed by atoms with Crippen LogP contribution in [-0.4, -0.2) is 83.3 Å². The summed E-state index contributed by atoms with van der Waals surface area (Å²) in [7, 11) is -2.86. The normalized spacial score (nSPS) is 18.6. The first-order valence-corrected chi connectivity index (χ1v) is 13.5. The molecule has 2 aromatic carbocycles. The molecule has 1 unspecified atom stereocenters. The third kappa shape index (κ3) is 6.58. The Balaban J connectivity index is 1.49. The molecule has 0 radical (unpaired) electrons. The monoisotopic (exact) mass is 543 g/mol. The van der Waals surface area contributed by atoms with Crippen LogP contribution >= 0.6 is 11.6 Å². The summed E-state index contributed by atoms with van der Waals surface area (Å²) in [4.78, 5) is 16.1. The summed E-state index contributed by atoms with van der Waals surface area (Å²) in [5.41, 5.74) is 0.388. The number of nitrogens with zero attached hydrogens (tertiary/aromatic N) is 2. The van der Waals surface area contributed by atoms with E-state index in [1.54, 1.807) is 0 Å². The fourth-order valence-corrected chi connectivity index (χ4v) is 5.88. The SMILES string of the molecule is COC(=O)c1ccc(CS(=O)(=O)NC(CN2CCN(C3COC3)CC2)c2ccc(F)c(Cl)c2)c(F)c1. The molecule has 0 amide bonds. The van der Waals surface area contributed by atoms with E-state index in [2.05, 4.69) is 19.3 Å². The van der Waals surface area contributed by atoms with Crippen molar-refractivity contribution < 1.29 is 31.5 Å². The molecular formula is C24H28ClF2N3O5S. The van der Waals surface area contributed by atoms with Crippen LogP contribution in [0.3, 0.4) is 0 Å². The third-order valence-electron chi connectivity index (χ3n) is 6.47. The van der Waals surface area contributed by atoms with Gasteiger partial charge in [-0.2, -0.15) is 0 Å². The van der Waals surface area contributed by atoms with Crippen molar-refractivity contribution in [3.63, 3.8) is 0 Å². The number of carbonyl (C=O) groups excluding carboxylic acids is 1. The summed E-state index contributed by atoms with van der Waals surface area (Å²) in [6.45, 7) is 4.91. The van der Waals surface area contributed by atoms with Crippen molar-refractivity contribution in [1.82, 2.24) is 14.5 Å². The van der Waals surface area contributed by atoms with Crippen molar-refractivity contribution in [1.29, 1.82) is 0 Å². The first-order valence-electron chi connectivity index (χ1n) is 11.5. The molecule has 2 fully saturated rings. The van der Waals surface area contributed by atoms with Gasteiger partial charge in [-0.05, 0) is 29.8 Å². The van der Waals surface area contributed by atoms with Gasteiger partial charge in [0.2, 0.25) is 10.0 Å². The Hall–Kier alpha value is -2.15. The molecule has 12 heteroatoms. The summed E-state index contributed by atoms with van der Waals surface area (Å²) in [6, 6.07) is 7.28. The van der Waals surface area contributed by atoms with E-state index in [-0.39, 0.29) is 16.1 Å². The Morgan fingerprint density at radius 2 is 1.86 bits per heavy atom. The number of halogens is 3. The van der Waals surface area contributed by atoms with Gasteiger partial charge >= 0.3 is 5.97 Å². The lowest BCUT2D eigenvalue weighted by Gasteiger charge is -2.43. The zero-order valence-corrected chi connectivity index (χ0v) is 21.3. The van der Waals surface area contributed by atoms with Crippen molar-refractivity contribution >= 4 is 27.6 Å². The molecular weight excluding hydrogens is 516 g/mol. The van der Waals surface area contributed by atoms with Gasteiger partial charge in [0.1, 0.15) is 11.6 Å². The average Bonchev–Trinajstić information content (AvgIpc) is 2.81. The number of nitrogens with one attached hydrogen (secondary N) is 1. The van der Waals surface area contributed by atoms with Gasteiger partial charge in [-0.25, -0.2) is 26.7 Å². The molecule has 0 spiro atoms. The van der Waals surface area contributed by atoms with Crippen LogP contribution in [0.5, 0.6) is 0 Å². The minimum Gasteiger partial charge on any atom is -0.465 e. The second-order valence-corrected chi connectivity index (χ2v) is 11.1. The second-order valence-electron chi connectivity index (χ2n) is 8.93. The molecule has 1 atom stereocenters. The number of sulfonamides is 1. The number of hydrogen-bond donors (Lipinski definition) is 1. The summed E-state index contributed by atoms with van der Waals surface area (Å²) in [6.07, 6.45) is 0. The van der Waals surface area contributed by atoms with Crippen LogP contribution in [0.1, 0.15) is 27.5 Å². The first kappa shape index (κ1) is 26.9. The maximum Gasteiger partial charge on any atom is 0.337 e. The van der Waals surface area contributed by atoms with E-state index in [1.165, 1.54) is 37.4 Å². The Morgan fingerprint density at radius 3 is 2.44 bits per heavy atom. The molecule has 0 bridgehead atoms. The highest BCUT2D eigenvalue weighted by Crippen LogP contribution is 2.24. The molecule has 2 aliphatic heterocycles. The Labute approximate surface area is 214 Å². The van der Waals surface area contributed by atoms with Gasteiger partial charge in [-0.15, -0.1) is 0 Å². The molecule has 2 saturated heterocycles. The van der Waals surface area contributed by atoms with Crippen molar-refractivity contribution in [3.8, 4) is 0 Å². The summed E-state index contributed by atoms with van der Waals surface area (Å²) in [5, 5.41) is -0.115. The number of ether oxygens (including phenoxy) is 2. The Morgan fingerprint density at radius 1 is 1.14 bits per heavy atom. The molecule has 1 N–H and O–H groups in total. The predicted octanol–water partition coefficient (Wildman–Crippen LogP) is 2.58. The average molecular weight is 544 g/mol. The van der Waals surface area contributed by atoms with E-state index >= 15 is 0 Å². The Kier molecular flexibility index (Phi) is 8.59. The van der Waals surface area contributed by atoms with Gasteiger partial charge < -0.3 is 9.47 Å². The summed E-state index contributed by atoms with van der Waals surface area (Å²) in [5.74, 6) is -2.80. The highest BCUT2D eigenvalue weighted by Gasteiger charge is 2.31. The fourth-order valence-electron chi connectivity index (χ4n) is 4.32. The van der Waals surface area contributed by atoms with Gasteiger partial charge in [-0.3, -0.25) is 9.80 Å². The number of benzene rings is 2. The van der Waals surface area contributed by atoms with Crippen molar-refractivity contribution in [2.75, 3.05) is 53.0 Å². The summed E-state index contributed by atoms with van der Waals surface area (Å²) < 4.78 is 67.0. The van der Waals surface area contributed by atoms with E-state index in [9.17, 15) is 22.0 Å². The second kappa shape index (κ2) is 11.5. The van der Waals surface area contributed by atoms with Gasteiger partial charge in [0, 0.05) is 38.3 Å². The van der Waals surface area contributed by atoms with E-state index in [1.807, 2.05) is 0 Å². The first-order chi connectivity index (χ1) is 17.1. The van der Waals surface area contributed by atoms with Crippen molar-refractivity contribution in [2.45, 2.75) is 17.8 Å². The standard InChI is InChI=1S/C24H28ClF2N3O5S/c1-34-24(31)17-2-3-18(22(27)11-17)15-36(32,33)28-23(16-4-5-21(26)20(25)10-16)12-29-6-8-30(9-7-29)19-13-35-14-19/h2-5,10-11,19,23,28H,6-9,12-15H2,1H3. The Bertz CT molecular complexity index is 1200. The summed E-state index contributed by atoms with van der Waals surface area (Å²) >= 11 is 5.98. The maximum atomic E-state index is 14.6. The fraction of sp³-hybridized carbons (Fsp3) is 0.458. The lowest BCUT2D eigenvalue weighted by Crippen LogP contribution is -2.57. The minimum absolute atomic E-state index is 0.0180.